The van der Waals surface area contributed by atoms with Gasteiger partial charge in [0.25, 0.3) is 0 Å². The van der Waals surface area contributed by atoms with E-state index >= 15 is 0 Å². The highest BCUT2D eigenvalue weighted by Gasteiger charge is 2.04. The summed E-state index contributed by atoms with van der Waals surface area (Å²) in [7, 11) is 3.25. The van der Waals surface area contributed by atoms with E-state index in [1.54, 1.807) is 32.5 Å². The van der Waals surface area contributed by atoms with Gasteiger partial charge in [-0.3, -0.25) is 9.98 Å². The molecular formula is C17H22FIN4O. The van der Waals surface area contributed by atoms with E-state index in [9.17, 15) is 4.39 Å². The summed E-state index contributed by atoms with van der Waals surface area (Å²) in [4.78, 5) is 8.41. The molecule has 24 heavy (non-hydrogen) atoms. The molecule has 0 bridgehead atoms. The van der Waals surface area contributed by atoms with Gasteiger partial charge in [-0.15, -0.1) is 24.0 Å². The first kappa shape index (κ1) is 20.3. The van der Waals surface area contributed by atoms with Crippen LogP contribution in [0.25, 0.3) is 0 Å². The average Bonchev–Trinajstić information content (AvgIpc) is 2.59. The Morgan fingerprint density at radius 1 is 1.21 bits per heavy atom. The highest BCUT2D eigenvalue weighted by Crippen LogP contribution is 2.11. The van der Waals surface area contributed by atoms with Crippen molar-refractivity contribution in [3.8, 4) is 0 Å². The van der Waals surface area contributed by atoms with Crippen LogP contribution in [0, 0.1) is 5.82 Å². The van der Waals surface area contributed by atoms with Crippen molar-refractivity contribution in [2.24, 2.45) is 4.99 Å². The maximum absolute atomic E-state index is 13.6. The highest BCUT2D eigenvalue weighted by molar-refractivity contribution is 14.0. The van der Waals surface area contributed by atoms with Gasteiger partial charge in [0.2, 0.25) is 0 Å². The first-order chi connectivity index (χ1) is 11.2. The molecule has 5 nitrogen and oxygen atoms in total. The van der Waals surface area contributed by atoms with E-state index in [4.69, 9.17) is 4.74 Å². The molecule has 1 aromatic heterocycles. The van der Waals surface area contributed by atoms with Crippen molar-refractivity contribution in [3.05, 3.63) is 65.2 Å². The van der Waals surface area contributed by atoms with Crippen molar-refractivity contribution >= 4 is 29.9 Å². The van der Waals surface area contributed by atoms with Crippen LogP contribution in [0.2, 0.25) is 0 Å². The van der Waals surface area contributed by atoms with Crippen molar-refractivity contribution < 1.29 is 9.13 Å². The van der Waals surface area contributed by atoms with Crippen LogP contribution in [0.1, 0.15) is 16.8 Å². The third kappa shape index (κ3) is 6.40. The minimum absolute atomic E-state index is 0. The molecule has 130 valence electrons. The predicted molar refractivity (Wildman–Crippen MR) is 104 cm³/mol. The third-order valence-corrected chi connectivity index (χ3v) is 3.26. The Bertz CT molecular complexity index is 652. The Balaban J connectivity index is 0.00000288. The Labute approximate surface area is 158 Å². The molecule has 7 heteroatoms. The maximum atomic E-state index is 13.6. The number of halogens is 2. The number of nitrogens with zero attached hydrogens (tertiary/aromatic N) is 2. The molecule has 0 amide bonds. The Kier molecular flexibility index (Phi) is 9.24. The maximum Gasteiger partial charge on any atom is 0.191 e. The number of guanidine groups is 1. The Hall–Kier alpha value is -1.74. The number of hydrogen-bond acceptors (Lipinski definition) is 3. The Morgan fingerprint density at radius 2 is 2.00 bits per heavy atom. The van der Waals surface area contributed by atoms with Gasteiger partial charge in [0, 0.05) is 32.5 Å². The van der Waals surface area contributed by atoms with Crippen molar-refractivity contribution in [2.75, 3.05) is 14.2 Å². The van der Waals surface area contributed by atoms with Gasteiger partial charge in [0.15, 0.2) is 5.96 Å². The van der Waals surface area contributed by atoms with Crippen molar-refractivity contribution in [2.45, 2.75) is 19.7 Å². The van der Waals surface area contributed by atoms with E-state index in [-0.39, 0.29) is 36.4 Å². The number of pyridine rings is 1. The number of hydrogen-bond donors (Lipinski definition) is 2. The van der Waals surface area contributed by atoms with Crippen molar-refractivity contribution in [1.82, 2.24) is 15.6 Å². The molecular weight excluding hydrogens is 422 g/mol. The SMILES string of the molecule is CN=C(NCc1ccc(F)c(COC)c1)NCc1ccccn1.I. The zero-order valence-electron chi connectivity index (χ0n) is 13.8. The minimum Gasteiger partial charge on any atom is -0.380 e. The number of aliphatic imine (C=N–C) groups is 1. The lowest BCUT2D eigenvalue weighted by atomic mass is 10.1. The van der Waals surface area contributed by atoms with Gasteiger partial charge >= 0.3 is 0 Å². The van der Waals surface area contributed by atoms with Crippen LogP contribution in [0.3, 0.4) is 0 Å². The fourth-order valence-corrected chi connectivity index (χ4v) is 2.09. The monoisotopic (exact) mass is 444 g/mol. The highest BCUT2D eigenvalue weighted by atomic mass is 127. The molecule has 0 aliphatic carbocycles. The van der Waals surface area contributed by atoms with E-state index < -0.39 is 0 Å². The summed E-state index contributed by atoms with van der Waals surface area (Å²) in [5.74, 6) is 0.404. The first-order valence-electron chi connectivity index (χ1n) is 7.33. The number of benzene rings is 1. The van der Waals surface area contributed by atoms with Crippen LogP contribution in [-0.2, 0) is 24.4 Å². The normalized spacial score (nSPS) is 10.9. The van der Waals surface area contributed by atoms with E-state index in [1.165, 1.54) is 6.07 Å². The van der Waals surface area contributed by atoms with E-state index in [1.807, 2.05) is 18.2 Å². The number of ether oxygens (including phenoxy) is 1. The molecule has 1 aromatic carbocycles. The zero-order chi connectivity index (χ0) is 16.5. The van der Waals surface area contributed by atoms with Crippen molar-refractivity contribution in [1.29, 1.82) is 0 Å². The topological polar surface area (TPSA) is 58.5 Å². The van der Waals surface area contributed by atoms with Crippen LogP contribution < -0.4 is 10.6 Å². The first-order valence-corrected chi connectivity index (χ1v) is 7.33. The van der Waals surface area contributed by atoms with Crippen LogP contribution in [0.5, 0.6) is 0 Å². The quantitative estimate of drug-likeness (QED) is 0.409. The fourth-order valence-electron chi connectivity index (χ4n) is 2.09. The smallest absolute Gasteiger partial charge is 0.191 e. The average molecular weight is 444 g/mol. The van der Waals surface area contributed by atoms with Crippen LogP contribution in [-0.4, -0.2) is 25.1 Å². The van der Waals surface area contributed by atoms with Gasteiger partial charge in [-0.1, -0.05) is 12.1 Å². The van der Waals surface area contributed by atoms with Gasteiger partial charge in [0.05, 0.1) is 18.8 Å². The number of nitrogens with one attached hydrogen (secondary N) is 2. The van der Waals surface area contributed by atoms with E-state index in [2.05, 4.69) is 20.6 Å². The number of rotatable bonds is 6. The summed E-state index contributed by atoms with van der Waals surface area (Å²) >= 11 is 0. The van der Waals surface area contributed by atoms with E-state index in [0.717, 1.165) is 11.3 Å². The molecule has 2 N–H and O–H groups in total. The van der Waals surface area contributed by atoms with Crippen LogP contribution in [0.15, 0.2) is 47.6 Å². The lowest BCUT2D eigenvalue weighted by molar-refractivity contribution is 0.181. The fraction of sp³-hybridized carbons (Fsp3) is 0.294. The molecule has 0 unspecified atom stereocenters. The third-order valence-electron chi connectivity index (χ3n) is 3.26. The lowest BCUT2D eigenvalue weighted by Gasteiger charge is -2.12. The lowest BCUT2D eigenvalue weighted by Crippen LogP contribution is -2.36. The largest absolute Gasteiger partial charge is 0.380 e. The standard InChI is InChI=1S/C17H21FN4O.HI/c1-19-17(22-11-15-5-3-4-8-20-15)21-10-13-6-7-16(18)14(9-13)12-23-2;/h3-9H,10-12H2,1-2H3,(H2,19,21,22);1H. The summed E-state index contributed by atoms with van der Waals surface area (Å²) in [6, 6.07) is 10.7. The second kappa shape index (κ2) is 10.9. The molecule has 1 heterocycles. The summed E-state index contributed by atoms with van der Waals surface area (Å²) < 4.78 is 18.6. The Morgan fingerprint density at radius 3 is 2.67 bits per heavy atom. The van der Waals surface area contributed by atoms with Crippen molar-refractivity contribution in [3.63, 3.8) is 0 Å². The summed E-state index contributed by atoms with van der Waals surface area (Å²) in [6.45, 7) is 1.38. The van der Waals surface area contributed by atoms with E-state index in [0.29, 0.717) is 24.6 Å². The molecule has 0 saturated heterocycles. The summed E-state index contributed by atoms with van der Waals surface area (Å²) in [5, 5.41) is 6.38. The minimum atomic E-state index is -0.256. The molecule has 0 radical (unpaired) electrons. The molecule has 2 aromatic rings. The molecule has 0 spiro atoms. The molecule has 0 aliphatic rings. The zero-order valence-corrected chi connectivity index (χ0v) is 16.1. The molecule has 0 saturated carbocycles. The van der Waals surface area contributed by atoms with Gasteiger partial charge < -0.3 is 15.4 Å². The summed E-state index contributed by atoms with van der Waals surface area (Å²) in [6.07, 6.45) is 1.75. The van der Waals surface area contributed by atoms with Gasteiger partial charge in [-0.05, 0) is 29.8 Å². The second-order valence-corrected chi connectivity index (χ2v) is 4.96. The predicted octanol–water partition coefficient (Wildman–Crippen LogP) is 2.85. The molecule has 0 aliphatic heterocycles. The molecule has 0 fully saturated rings. The number of methoxy groups -OCH3 is 1. The van der Waals surface area contributed by atoms with Gasteiger partial charge in [-0.25, -0.2) is 4.39 Å². The molecule has 2 rings (SSSR count). The van der Waals surface area contributed by atoms with Crippen LogP contribution >= 0.6 is 24.0 Å². The molecule has 0 atom stereocenters. The van der Waals surface area contributed by atoms with Crippen LogP contribution in [0.4, 0.5) is 4.39 Å². The number of aromatic nitrogens is 1. The second-order valence-electron chi connectivity index (χ2n) is 4.96. The van der Waals surface area contributed by atoms with Gasteiger partial charge in [-0.2, -0.15) is 0 Å². The summed E-state index contributed by atoms with van der Waals surface area (Å²) in [5.41, 5.74) is 2.43. The van der Waals surface area contributed by atoms with Gasteiger partial charge in [0.1, 0.15) is 5.82 Å².